The van der Waals surface area contributed by atoms with E-state index in [2.05, 4.69) is 0 Å². The summed E-state index contributed by atoms with van der Waals surface area (Å²) in [5, 5.41) is 2.02. The highest BCUT2D eigenvalue weighted by Gasteiger charge is 2.30. The topological polar surface area (TPSA) is 49.9 Å². The van der Waals surface area contributed by atoms with Gasteiger partial charge in [0.1, 0.15) is 18.1 Å². The zero-order valence-electron chi connectivity index (χ0n) is 20.9. The Balaban J connectivity index is 1.58. The number of hydrogen-bond acceptors (Lipinski definition) is 4. The molecule has 0 atom stereocenters. The van der Waals surface area contributed by atoms with Gasteiger partial charge in [-0.05, 0) is 78.7 Å². The second-order valence-electron chi connectivity index (χ2n) is 9.36. The Morgan fingerprint density at radius 2 is 1.67 bits per heavy atom. The summed E-state index contributed by atoms with van der Waals surface area (Å²) in [4.78, 5) is 32.1. The van der Waals surface area contributed by atoms with Gasteiger partial charge in [-0.2, -0.15) is 0 Å². The highest BCUT2D eigenvalue weighted by atomic mass is 32.1. The summed E-state index contributed by atoms with van der Waals surface area (Å²) < 4.78 is 18.7. The molecule has 2 amide bonds. The van der Waals surface area contributed by atoms with Gasteiger partial charge in [0, 0.05) is 23.0 Å². The Morgan fingerprint density at radius 3 is 2.28 bits per heavy atom. The molecular formula is C29H33FN2O3S. The SMILES string of the molecule is COc1ccc(C(=O)N(CC(=O)N(Cc2ccc(F)cc2)Cc2sccc2C)C2CCCCC2)cc1. The third-order valence-corrected chi connectivity index (χ3v) is 7.87. The Bertz CT molecular complexity index is 1150. The highest BCUT2D eigenvalue weighted by Crippen LogP contribution is 2.26. The van der Waals surface area contributed by atoms with Crippen molar-refractivity contribution < 1.29 is 18.7 Å². The van der Waals surface area contributed by atoms with E-state index < -0.39 is 0 Å². The monoisotopic (exact) mass is 508 g/mol. The molecule has 190 valence electrons. The van der Waals surface area contributed by atoms with Crippen molar-refractivity contribution in [2.24, 2.45) is 0 Å². The van der Waals surface area contributed by atoms with Crippen molar-refractivity contribution in [2.45, 2.75) is 58.2 Å². The van der Waals surface area contributed by atoms with Crippen molar-refractivity contribution in [2.75, 3.05) is 13.7 Å². The van der Waals surface area contributed by atoms with Crippen LogP contribution >= 0.6 is 11.3 Å². The summed E-state index contributed by atoms with van der Waals surface area (Å²) in [6, 6.07) is 15.4. The minimum atomic E-state index is -0.306. The van der Waals surface area contributed by atoms with Crippen molar-refractivity contribution >= 4 is 23.2 Å². The number of rotatable bonds is 9. The van der Waals surface area contributed by atoms with Gasteiger partial charge in [-0.25, -0.2) is 4.39 Å². The molecule has 7 heteroatoms. The molecule has 1 aromatic heterocycles. The molecule has 0 saturated heterocycles. The van der Waals surface area contributed by atoms with E-state index in [4.69, 9.17) is 4.74 Å². The molecule has 0 N–H and O–H groups in total. The number of ether oxygens (including phenoxy) is 1. The van der Waals surface area contributed by atoms with Gasteiger partial charge in [0.25, 0.3) is 5.91 Å². The van der Waals surface area contributed by atoms with E-state index in [0.29, 0.717) is 24.4 Å². The zero-order valence-corrected chi connectivity index (χ0v) is 21.7. The van der Waals surface area contributed by atoms with E-state index in [-0.39, 0.29) is 30.2 Å². The smallest absolute Gasteiger partial charge is 0.254 e. The van der Waals surface area contributed by atoms with E-state index in [1.807, 2.05) is 18.4 Å². The van der Waals surface area contributed by atoms with Crippen LogP contribution in [0, 0.1) is 12.7 Å². The van der Waals surface area contributed by atoms with Gasteiger partial charge in [0.05, 0.1) is 13.7 Å². The van der Waals surface area contributed by atoms with E-state index in [0.717, 1.165) is 48.1 Å². The third-order valence-electron chi connectivity index (χ3n) is 6.86. The lowest BCUT2D eigenvalue weighted by atomic mass is 9.93. The molecule has 4 rings (SSSR count). The Labute approximate surface area is 216 Å². The summed E-state index contributed by atoms with van der Waals surface area (Å²) in [6.07, 6.45) is 5.07. The summed E-state index contributed by atoms with van der Waals surface area (Å²) >= 11 is 1.62. The van der Waals surface area contributed by atoms with Gasteiger partial charge in [-0.3, -0.25) is 9.59 Å². The van der Waals surface area contributed by atoms with Crippen LogP contribution in [0.2, 0.25) is 0 Å². The van der Waals surface area contributed by atoms with Gasteiger partial charge < -0.3 is 14.5 Å². The number of thiophene rings is 1. The molecule has 3 aromatic rings. The largest absolute Gasteiger partial charge is 0.497 e. The normalized spacial score (nSPS) is 13.9. The minimum absolute atomic E-state index is 0.0150. The molecule has 2 aromatic carbocycles. The fourth-order valence-corrected chi connectivity index (χ4v) is 5.61. The van der Waals surface area contributed by atoms with Crippen LogP contribution in [0.25, 0.3) is 0 Å². The first-order chi connectivity index (χ1) is 17.4. The van der Waals surface area contributed by atoms with Crippen LogP contribution in [0.4, 0.5) is 4.39 Å². The van der Waals surface area contributed by atoms with E-state index in [9.17, 15) is 14.0 Å². The van der Waals surface area contributed by atoms with Gasteiger partial charge >= 0.3 is 0 Å². The van der Waals surface area contributed by atoms with Crippen LogP contribution in [0.5, 0.6) is 5.75 Å². The van der Waals surface area contributed by atoms with Crippen LogP contribution in [0.1, 0.15) is 58.5 Å². The molecule has 1 aliphatic carbocycles. The molecule has 1 aliphatic rings. The number of benzene rings is 2. The molecule has 1 fully saturated rings. The lowest BCUT2D eigenvalue weighted by Crippen LogP contribution is -2.48. The fourth-order valence-electron chi connectivity index (χ4n) is 4.69. The molecule has 0 aliphatic heterocycles. The van der Waals surface area contributed by atoms with Crippen molar-refractivity contribution in [3.63, 3.8) is 0 Å². The summed E-state index contributed by atoms with van der Waals surface area (Å²) in [6.45, 7) is 2.86. The highest BCUT2D eigenvalue weighted by molar-refractivity contribution is 7.10. The molecular weight excluding hydrogens is 475 g/mol. The molecule has 1 saturated carbocycles. The second-order valence-corrected chi connectivity index (χ2v) is 10.4. The predicted octanol–water partition coefficient (Wildman–Crippen LogP) is 6.21. The van der Waals surface area contributed by atoms with Crippen molar-refractivity contribution in [1.29, 1.82) is 0 Å². The standard InChI is InChI=1S/C29H33FN2O3S/c1-21-16-17-36-27(21)19-31(18-22-8-12-24(30)13-9-22)28(33)20-32(25-6-4-3-5-7-25)29(34)23-10-14-26(35-2)15-11-23/h8-17,25H,3-7,18-20H2,1-2H3. The van der Waals surface area contributed by atoms with E-state index >= 15 is 0 Å². The molecule has 0 radical (unpaired) electrons. The van der Waals surface area contributed by atoms with Crippen molar-refractivity contribution in [3.8, 4) is 5.75 Å². The Morgan fingerprint density at radius 1 is 0.972 bits per heavy atom. The number of nitrogens with zero attached hydrogens (tertiary/aromatic N) is 2. The molecule has 36 heavy (non-hydrogen) atoms. The number of halogens is 1. The quantitative estimate of drug-likeness (QED) is 0.345. The van der Waals surface area contributed by atoms with Crippen LogP contribution in [0.15, 0.2) is 60.0 Å². The number of hydrogen-bond donors (Lipinski definition) is 0. The van der Waals surface area contributed by atoms with Gasteiger partial charge in [0.15, 0.2) is 0 Å². The number of amides is 2. The number of methoxy groups -OCH3 is 1. The number of aryl methyl sites for hydroxylation is 1. The molecule has 0 bridgehead atoms. The molecule has 0 unspecified atom stereocenters. The minimum Gasteiger partial charge on any atom is -0.497 e. The number of carbonyl (C=O) groups excluding carboxylic acids is 2. The molecule has 0 spiro atoms. The van der Waals surface area contributed by atoms with Crippen LogP contribution in [0.3, 0.4) is 0 Å². The van der Waals surface area contributed by atoms with Crippen molar-refractivity contribution in [1.82, 2.24) is 9.80 Å². The first kappa shape index (κ1) is 25.9. The lowest BCUT2D eigenvalue weighted by Gasteiger charge is -2.35. The van der Waals surface area contributed by atoms with Crippen LogP contribution < -0.4 is 4.74 Å². The van der Waals surface area contributed by atoms with Crippen LogP contribution in [-0.2, 0) is 17.9 Å². The maximum atomic E-state index is 13.8. The third kappa shape index (κ3) is 6.52. The Hall–Kier alpha value is -3.19. The maximum Gasteiger partial charge on any atom is 0.254 e. The first-order valence-corrected chi connectivity index (χ1v) is 13.3. The summed E-state index contributed by atoms with van der Waals surface area (Å²) in [7, 11) is 1.59. The summed E-state index contributed by atoms with van der Waals surface area (Å²) in [5.74, 6) is 0.134. The average Bonchev–Trinajstić information content (AvgIpc) is 3.32. The summed E-state index contributed by atoms with van der Waals surface area (Å²) in [5.41, 5.74) is 2.54. The lowest BCUT2D eigenvalue weighted by molar-refractivity contribution is -0.133. The fraction of sp³-hybridized carbons (Fsp3) is 0.379. The maximum absolute atomic E-state index is 13.8. The van der Waals surface area contributed by atoms with Crippen molar-refractivity contribution in [3.05, 3.63) is 87.4 Å². The van der Waals surface area contributed by atoms with Gasteiger partial charge in [-0.1, -0.05) is 31.4 Å². The van der Waals surface area contributed by atoms with Crippen LogP contribution in [-0.4, -0.2) is 41.3 Å². The van der Waals surface area contributed by atoms with Gasteiger partial charge in [0.2, 0.25) is 5.91 Å². The zero-order chi connectivity index (χ0) is 25.5. The average molecular weight is 509 g/mol. The van der Waals surface area contributed by atoms with E-state index in [1.165, 1.54) is 12.1 Å². The Kier molecular flexibility index (Phi) is 8.75. The number of carbonyl (C=O) groups is 2. The molecule has 1 heterocycles. The second kappa shape index (κ2) is 12.2. The molecule has 5 nitrogen and oxygen atoms in total. The van der Waals surface area contributed by atoms with Gasteiger partial charge in [-0.15, -0.1) is 11.3 Å². The van der Waals surface area contributed by atoms with E-state index in [1.54, 1.807) is 64.6 Å². The first-order valence-electron chi connectivity index (χ1n) is 12.4. The predicted molar refractivity (Wildman–Crippen MR) is 141 cm³/mol.